The molecule has 0 fully saturated rings. The number of amides is 1. The molecule has 0 heterocycles. The molecule has 31 heavy (non-hydrogen) atoms. The normalized spacial score (nSPS) is 11.9. The second-order valence-electron chi connectivity index (χ2n) is 8.34. The van der Waals surface area contributed by atoms with Crippen LogP contribution >= 0.6 is 0 Å². The minimum absolute atomic E-state index is 0.0208. The van der Waals surface area contributed by atoms with Crippen LogP contribution < -0.4 is 4.74 Å². The van der Waals surface area contributed by atoms with Gasteiger partial charge in [-0.05, 0) is 47.9 Å². The van der Waals surface area contributed by atoms with E-state index in [-0.39, 0.29) is 18.9 Å². The molecule has 0 N–H and O–H groups in total. The minimum atomic E-state index is -4.51. The third-order valence-corrected chi connectivity index (χ3v) is 4.98. The molecule has 0 radical (unpaired) electrons. The SMILES string of the molecule is CCN(Cc1cc(C(F)(F)F)ccc1-c1cc(CC=O)ccc1OC)C(=O)C(C)(C)C. The number of carbonyl (C=O) groups excluding carboxylic acids is 2. The van der Waals surface area contributed by atoms with Gasteiger partial charge in [0.15, 0.2) is 0 Å². The summed E-state index contributed by atoms with van der Waals surface area (Å²) in [7, 11) is 1.48. The third kappa shape index (κ3) is 5.87. The number of nitrogens with zero attached hydrogens (tertiary/aromatic N) is 1. The van der Waals surface area contributed by atoms with Crippen LogP contribution in [0.4, 0.5) is 13.2 Å². The van der Waals surface area contributed by atoms with Crippen molar-refractivity contribution in [1.82, 2.24) is 4.90 Å². The first kappa shape index (κ1) is 24.4. The zero-order chi connectivity index (χ0) is 23.4. The molecule has 0 atom stereocenters. The van der Waals surface area contributed by atoms with E-state index >= 15 is 0 Å². The van der Waals surface area contributed by atoms with E-state index in [9.17, 15) is 22.8 Å². The molecule has 0 spiro atoms. The molecule has 7 heteroatoms. The largest absolute Gasteiger partial charge is 0.496 e. The maximum atomic E-state index is 13.4. The number of ether oxygens (including phenoxy) is 1. The molecule has 0 aliphatic heterocycles. The van der Waals surface area contributed by atoms with Gasteiger partial charge < -0.3 is 14.4 Å². The number of benzene rings is 2. The molecular weight excluding hydrogens is 407 g/mol. The second-order valence-corrected chi connectivity index (χ2v) is 8.34. The van der Waals surface area contributed by atoms with Crippen LogP contribution in [0.1, 0.15) is 44.4 Å². The number of methoxy groups -OCH3 is 1. The molecular formula is C24H28F3NO3. The van der Waals surface area contributed by atoms with Crippen LogP contribution in [0.5, 0.6) is 5.75 Å². The van der Waals surface area contributed by atoms with Crippen molar-refractivity contribution in [3.8, 4) is 16.9 Å². The Hall–Kier alpha value is -2.83. The Bertz CT molecular complexity index is 946. The zero-order valence-corrected chi connectivity index (χ0v) is 18.5. The van der Waals surface area contributed by atoms with Crippen molar-refractivity contribution >= 4 is 12.2 Å². The predicted molar refractivity (Wildman–Crippen MR) is 114 cm³/mol. The number of aldehydes is 1. The number of alkyl halides is 3. The van der Waals surface area contributed by atoms with E-state index in [0.717, 1.165) is 24.0 Å². The van der Waals surface area contributed by atoms with Gasteiger partial charge in [-0.2, -0.15) is 13.2 Å². The zero-order valence-electron chi connectivity index (χ0n) is 18.5. The maximum Gasteiger partial charge on any atom is 0.416 e. The highest BCUT2D eigenvalue weighted by atomic mass is 19.4. The Morgan fingerprint density at radius 2 is 1.74 bits per heavy atom. The molecule has 0 saturated carbocycles. The molecule has 0 bridgehead atoms. The van der Waals surface area contributed by atoms with Crippen LogP contribution in [-0.4, -0.2) is 30.7 Å². The molecule has 0 unspecified atom stereocenters. The number of halogens is 3. The number of carbonyl (C=O) groups is 2. The van der Waals surface area contributed by atoms with Crippen LogP contribution in [0.2, 0.25) is 0 Å². The number of rotatable bonds is 7. The second kappa shape index (κ2) is 9.54. The number of hydrogen-bond acceptors (Lipinski definition) is 3. The van der Waals surface area contributed by atoms with E-state index in [1.54, 1.807) is 50.8 Å². The Kier molecular flexibility index (Phi) is 7.52. The Morgan fingerprint density at radius 1 is 1.06 bits per heavy atom. The molecule has 4 nitrogen and oxygen atoms in total. The molecule has 1 amide bonds. The average molecular weight is 435 g/mol. The van der Waals surface area contributed by atoms with Crippen LogP contribution in [0, 0.1) is 5.41 Å². The van der Waals surface area contributed by atoms with Gasteiger partial charge in [-0.25, -0.2) is 0 Å². The highest BCUT2D eigenvalue weighted by molar-refractivity contribution is 5.82. The van der Waals surface area contributed by atoms with E-state index in [4.69, 9.17) is 4.74 Å². The molecule has 0 aliphatic carbocycles. The topological polar surface area (TPSA) is 46.6 Å². The van der Waals surface area contributed by atoms with Crippen molar-refractivity contribution in [2.75, 3.05) is 13.7 Å². The summed E-state index contributed by atoms with van der Waals surface area (Å²) in [6.45, 7) is 7.49. The quantitative estimate of drug-likeness (QED) is 0.538. The van der Waals surface area contributed by atoms with Crippen LogP contribution in [-0.2, 0) is 28.7 Å². The van der Waals surface area contributed by atoms with Crippen molar-refractivity contribution in [3.63, 3.8) is 0 Å². The van der Waals surface area contributed by atoms with Gasteiger partial charge >= 0.3 is 6.18 Å². The van der Waals surface area contributed by atoms with Crippen molar-refractivity contribution in [2.24, 2.45) is 5.41 Å². The maximum absolute atomic E-state index is 13.4. The van der Waals surface area contributed by atoms with Gasteiger partial charge in [-0.15, -0.1) is 0 Å². The molecule has 0 aliphatic rings. The standard InChI is InChI=1S/C24H28F3NO3/c1-6-28(22(30)23(2,3)4)15-17-14-18(24(25,26)27)8-9-19(17)20-13-16(11-12-29)7-10-21(20)31-5/h7-10,12-14H,6,11,15H2,1-5H3. The third-order valence-electron chi connectivity index (χ3n) is 4.98. The van der Waals surface area contributed by atoms with Crippen molar-refractivity contribution in [2.45, 2.75) is 46.8 Å². The van der Waals surface area contributed by atoms with Gasteiger partial charge in [0.05, 0.1) is 12.7 Å². The molecule has 2 rings (SSSR count). The summed E-state index contributed by atoms with van der Waals surface area (Å²) in [4.78, 5) is 25.3. The first-order valence-corrected chi connectivity index (χ1v) is 10.0. The highest BCUT2D eigenvalue weighted by Gasteiger charge is 2.32. The molecule has 0 aromatic heterocycles. The van der Waals surface area contributed by atoms with E-state index in [1.165, 1.54) is 13.2 Å². The highest BCUT2D eigenvalue weighted by Crippen LogP contribution is 2.38. The van der Waals surface area contributed by atoms with Crippen molar-refractivity contribution < 1.29 is 27.5 Å². The van der Waals surface area contributed by atoms with Crippen LogP contribution in [0.15, 0.2) is 36.4 Å². The van der Waals surface area contributed by atoms with Crippen molar-refractivity contribution in [3.05, 3.63) is 53.1 Å². The fourth-order valence-corrected chi connectivity index (χ4v) is 3.36. The van der Waals surface area contributed by atoms with Crippen LogP contribution in [0.3, 0.4) is 0 Å². The van der Waals surface area contributed by atoms with Gasteiger partial charge in [-0.3, -0.25) is 4.79 Å². The molecule has 0 saturated heterocycles. The van der Waals surface area contributed by atoms with Gasteiger partial charge in [-0.1, -0.05) is 32.9 Å². The summed E-state index contributed by atoms with van der Waals surface area (Å²) >= 11 is 0. The van der Waals surface area contributed by atoms with Gasteiger partial charge in [0.25, 0.3) is 0 Å². The molecule has 2 aromatic carbocycles. The lowest BCUT2D eigenvalue weighted by molar-refractivity contribution is -0.139. The Balaban J connectivity index is 2.67. The lowest BCUT2D eigenvalue weighted by Crippen LogP contribution is -2.39. The fraction of sp³-hybridized carbons (Fsp3) is 0.417. The van der Waals surface area contributed by atoms with E-state index in [1.807, 2.05) is 0 Å². The van der Waals surface area contributed by atoms with Crippen molar-refractivity contribution in [1.29, 1.82) is 0 Å². The van der Waals surface area contributed by atoms with Gasteiger partial charge in [0, 0.05) is 30.5 Å². The Morgan fingerprint density at radius 3 is 2.26 bits per heavy atom. The first-order chi connectivity index (χ1) is 14.4. The summed E-state index contributed by atoms with van der Waals surface area (Å²) in [5.41, 5.74) is 0.723. The fourth-order valence-electron chi connectivity index (χ4n) is 3.36. The van der Waals surface area contributed by atoms with E-state index in [0.29, 0.717) is 29.0 Å². The summed E-state index contributed by atoms with van der Waals surface area (Å²) in [6, 6.07) is 8.67. The monoisotopic (exact) mass is 435 g/mol. The summed E-state index contributed by atoms with van der Waals surface area (Å²) in [5.74, 6) is 0.320. The minimum Gasteiger partial charge on any atom is -0.496 e. The molecule has 168 valence electrons. The van der Waals surface area contributed by atoms with Gasteiger partial charge in [0.1, 0.15) is 12.0 Å². The smallest absolute Gasteiger partial charge is 0.416 e. The molecule has 2 aromatic rings. The van der Waals surface area contributed by atoms with Crippen LogP contribution in [0.25, 0.3) is 11.1 Å². The van der Waals surface area contributed by atoms with Gasteiger partial charge in [0.2, 0.25) is 5.91 Å². The first-order valence-electron chi connectivity index (χ1n) is 10.0. The summed E-state index contributed by atoms with van der Waals surface area (Å²) < 4.78 is 45.7. The average Bonchev–Trinajstić information content (AvgIpc) is 2.70. The lowest BCUT2D eigenvalue weighted by atomic mass is 9.92. The summed E-state index contributed by atoms with van der Waals surface area (Å²) in [6.07, 6.45) is -3.57. The Labute approximate surface area is 181 Å². The van der Waals surface area contributed by atoms with E-state index < -0.39 is 17.2 Å². The predicted octanol–water partition coefficient (Wildman–Crippen LogP) is 5.52. The van der Waals surface area contributed by atoms with E-state index in [2.05, 4.69) is 0 Å². The summed E-state index contributed by atoms with van der Waals surface area (Å²) in [5, 5.41) is 0. The number of hydrogen-bond donors (Lipinski definition) is 0. The lowest BCUT2D eigenvalue weighted by Gasteiger charge is -2.29.